The first-order valence-corrected chi connectivity index (χ1v) is 12.3. The number of fused-ring (bicyclic) bond motifs is 1. The molecule has 2 unspecified atom stereocenters. The fraction of sp³-hybridized carbons (Fsp3) is 0.481. The average Bonchev–Trinajstić information content (AvgIpc) is 3.56. The second-order valence-electron chi connectivity index (χ2n) is 11.3. The molecule has 0 bridgehead atoms. The molecule has 0 spiro atoms. The molecule has 3 aliphatic rings. The molecule has 1 aromatic carbocycles. The Morgan fingerprint density at radius 1 is 1.31 bits per heavy atom. The largest absolute Gasteiger partial charge is 0.487 e. The van der Waals surface area contributed by atoms with E-state index in [4.69, 9.17) is 10.1 Å². The zero-order valence-corrected chi connectivity index (χ0v) is 21.0. The van der Waals surface area contributed by atoms with Crippen molar-refractivity contribution in [2.75, 3.05) is 0 Å². The van der Waals surface area contributed by atoms with E-state index in [1.54, 1.807) is 24.5 Å². The molecule has 3 N–H and O–H groups in total. The van der Waals surface area contributed by atoms with Crippen molar-refractivity contribution in [3.05, 3.63) is 59.7 Å². The minimum atomic E-state index is -0.516. The number of hydrogen-bond acceptors (Lipinski definition) is 5. The number of nitrogens with one attached hydrogen (secondary N) is 3. The SMILES string of the molecule is CC1(C)CC(=O)N([C@H](c2cccnc2)C2C[C@H]2C(=O)NC2CC(C)(C)Oc3ccc(F)cc32)C(=N)N1. The van der Waals surface area contributed by atoms with E-state index in [2.05, 4.69) is 15.6 Å². The van der Waals surface area contributed by atoms with Gasteiger partial charge in [0.2, 0.25) is 11.8 Å². The Labute approximate surface area is 210 Å². The van der Waals surface area contributed by atoms with Crippen molar-refractivity contribution in [3.63, 3.8) is 0 Å². The Balaban J connectivity index is 1.38. The molecule has 4 atom stereocenters. The number of aromatic nitrogens is 1. The summed E-state index contributed by atoms with van der Waals surface area (Å²) >= 11 is 0. The van der Waals surface area contributed by atoms with E-state index in [0.29, 0.717) is 24.2 Å². The number of halogens is 1. The van der Waals surface area contributed by atoms with Gasteiger partial charge in [-0.1, -0.05) is 6.07 Å². The highest BCUT2D eigenvalue weighted by Gasteiger charge is 2.53. The maximum Gasteiger partial charge on any atom is 0.232 e. The van der Waals surface area contributed by atoms with Crippen LogP contribution in [0.15, 0.2) is 42.7 Å². The van der Waals surface area contributed by atoms with Crippen LogP contribution in [0.1, 0.15) is 70.2 Å². The van der Waals surface area contributed by atoms with Gasteiger partial charge in [-0.2, -0.15) is 0 Å². The number of carbonyl (C=O) groups excluding carboxylic acids is 2. The summed E-state index contributed by atoms with van der Waals surface area (Å²) in [5, 5.41) is 14.8. The summed E-state index contributed by atoms with van der Waals surface area (Å²) in [6.07, 6.45) is 4.68. The molecule has 9 heteroatoms. The third-order valence-corrected chi connectivity index (χ3v) is 7.19. The van der Waals surface area contributed by atoms with Gasteiger partial charge in [-0.25, -0.2) is 4.39 Å². The van der Waals surface area contributed by atoms with Gasteiger partial charge in [-0.3, -0.25) is 24.9 Å². The number of guanidine groups is 1. The third kappa shape index (κ3) is 4.66. The Hall–Kier alpha value is -3.49. The van der Waals surface area contributed by atoms with Crippen LogP contribution in [0.4, 0.5) is 4.39 Å². The molecule has 5 rings (SSSR count). The maximum atomic E-state index is 14.0. The van der Waals surface area contributed by atoms with E-state index in [0.717, 1.165) is 5.56 Å². The molecule has 0 radical (unpaired) electrons. The summed E-state index contributed by atoms with van der Waals surface area (Å²) < 4.78 is 20.0. The number of rotatable bonds is 5. The van der Waals surface area contributed by atoms with Gasteiger partial charge in [-0.05, 0) is 69.9 Å². The van der Waals surface area contributed by atoms with Crippen molar-refractivity contribution in [1.29, 1.82) is 5.41 Å². The minimum absolute atomic E-state index is 0.0340. The van der Waals surface area contributed by atoms with Crippen LogP contribution in [0.25, 0.3) is 0 Å². The van der Waals surface area contributed by atoms with E-state index in [1.165, 1.54) is 17.0 Å². The summed E-state index contributed by atoms with van der Waals surface area (Å²) in [7, 11) is 0. The monoisotopic (exact) mass is 493 g/mol. The van der Waals surface area contributed by atoms with Crippen LogP contribution in [0.2, 0.25) is 0 Å². The topological polar surface area (TPSA) is 107 Å². The fourth-order valence-corrected chi connectivity index (χ4v) is 5.54. The molecule has 1 aliphatic carbocycles. The Morgan fingerprint density at radius 3 is 2.78 bits per heavy atom. The van der Waals surface area contributed by atoms with E-state index in [1.807, 2.05) is 33.8 Å². The molecule has 1 saturated heterocycles. The van der Waals surface area contributed by atoms with Crippen molar-refractivity contribution in [2.24, 2.45) is 11.8 Å². The Kier molecular flexibility index (Phi) is 5.76. The van der Waals surface area contributed by atoms with E-state index in [9.17, 15) is 14.0 Å². The molecule has 36 heavy (non-hydrogen) atoms. The number of carbonyl (C=O) groups is 2. The van der Waals surface area contributed by atoms with Crippen LogP contribution in [-0.4, -0.2) is 38.8 Å². The van der Waals surface area contributed by atoms with Gasteiger partial charge in [0, 0.05) is 42.3 Å². The highest BCUT2D eigenvalue weighted by molar-refractivity contribution is 5.99. The van der Waals surface area contributed by atoms with E-state index >= 15 is 0 Å². The molecule has 2 amide bonds. The molecule has 1 aromatic heterocycles. The fourth-order valence-electron chi connectivity index (χ4n) is 5.54. The van der Waals surface area contributed by atoms with Crippen molar-refractivity contribution in [3.8, 4) is 5.75 Å². The summed E-state index contributed by atoms with van der Waals surface area (Å²) in [6, 6.07) is 7.19. The zero-order valence-electron chi connectivity index (χ0n) is 21.0. The Bertz CT molecular complexity index is 1200. The van der Waals surface area contributed by atoms with Crippen LogP contribution >= 0.6 is 0 Å². The van der Waals surface area contributed by atoms with Crippen molar-refractivity contribution in [2.45, 2.75) is 70.2 Å². The summed E-state index contributed by atoms with van der Waals surface area (Å²) in [6.45, 7) is 7.66. The molecule has 8 nitrogen and oxygen atoms in total. The number of benzene rings is 1. The van der Waals surface area contributed by atoms with E-state index < -0.39 is 17.2 Å². The smallest absolute Gasteiger partial charge is 0.232 e. The summed E-state index contributed by atoms with van der Waals surface area (Å²) in [5.74, 6) is -0.577. The van der Waals surface area contributed by atoms with Crippen molar-refractivity contribution >= 4 is 17.8 Å². The molecule has 2 aliphatic heterocycles. The zero-order chi connectivity index (χ0) is 25.8. The quantitative estimate of drug-likeness (QED) is 0.587. The van der Waals surface area contributed by atoms with Crippen LogP contribution in [0, 0.1) is 23.1 Å². The number of ether oxygens (including phenoxy) is 1. The van der Waals surface area contributed by atoms with Crippen LogP contribution < -0.4 is 15.4 Å². The normalized spacial score (nSPS) is 26.8. The molecule has 1 saturated carbocycles. The lowest BCUT2D eigenvalue weighted by molar-refractivity contribution is -0.133. The molecular formula is C27H32FN5O3. The minimum Gasteiger partial charge on any atom is -0.487 e. The first kappa shape index (κ1) is 24.2. The predicted molar refractivity (Wildman–Crippen MR) is 132 cm³/mol. The first-order chi connectivity index (χ1) is 16.9. The van der Waals surface area contributed by atoms with Gasteiger partial charge in [-0.15, -0.1) is 0 Å². The molecule has 2 aromatic rings. The standard InChI is InChI=1S/C27H32FN5O3/c1-26(2)13-22(34)33(25(29)32-26)23(15-6-5-9-30-14-15)17-11-18(17)24(35)31-20-12-27(3,4)36-21-8-7-16(28)10-19(20)21/h5-10,14,17-18,20,23H,11-13H2,1-4H3,(H2,29,32)(H,31,35)/t17?,18-,20?,23-/m1/s1. The van der Waals surface area contributed by atoms with Gasteiger partial charge >= 0.3 is 0 Å². The van der Waals surface area contributed by atoms with E-state index in [-0.39, 0.29) is 47.9 Å². The third-order valence-electron chi connectivity index (χ3n) is 7.19. The summed E-state index contributed by atoms with van der Waals surface area (Å²) in [4.78, 5) is 32.3. The molecular weight excluding hydrogens is 461 g/mol. The van der Waals surface area contributed by atoms with Crippen LogP contribution in [0.5, 0.6) is 5.75 Å². The lowest BCUT2D eigenvalue weighted by Gasteiger charge is -2.42. The molecule has 3 heterocycles. The average molecular weight is 494 g/mol. The number of pyridine rings is 1. The number of hydrogen-bond donors (Lipinski definition) is 3. The highest BCUT2D eigenvalue weighted by atomic mass is 19.1. The first-order valence-electron chi connectivity index (χ1n) is 12.3. The van der Waals surface area contributed by atoms with Crippen molar-refractivity contribution < 1.29 is 18.7 Å². The van der Waals surface area contributed by atoms with Gasteiger partial charge in [0.15, 0.2) is 5.96 Å². The number of amides is 2. The highest BCUT2D eigenvalue weighted by Crippen LogP contribution is 2.51. The van der Waals surface area contributed by atoms with Gasteiger partial charge in [0.05, 0.1) is 12.1 Å². The lowest BCUT2D eigenvalue weighted by atomic mass is 9.89. The lowest BCUT2D eigenvalue weighted by Crippen LogP contribution is -2.60. The van der Waals surface area contributed by atoms with Crippen LogP contribution in [-0.2, 0) is 9.59 Å². The Morgan fingerprint density at radius 2 is 2.08 bits per heavy atom. The van der Waals surface area contributed by atoms with Gasteiger partial charge < -0.3 is 15.4 Å². The maximum absolute atomic E-state index is 14.0. The van der Waals surface area contributed by atoms with Crippen LogP contribution in [0.3, 0.4) is 0 Å². The van der Waals surface area contributed by atoms with Crippen molar-refractivity contribution in [1.82, 2.24) is 20.5 Å². The molecule has 190 valence electrons. The van der Waals surface area contributed by atoms with Gasteiger partial charge in [0.25, 0.3) is 0 Å². The predicted octanol–water partition coefficient (Wildman–Crippen LogP) is 3.85. The second-order valence-corrected chi connectivity index (χ2v) is 11.3. The number of nitrogens with zero attached hydrogens (tertiary/aromatic N) is 2. The summed E-state index contributed by atoms with van der Waals surface area (Å²) in [5.41, 5.74) is 0.390. The molecule has 2 fully saturated rings. The second kappa shape index (κ2) is 8.57. The van der Waals surface area contributed by atoms with Gasteiger partial charge in [0.1, 0.15) is 17.2 Å².